The number of aliphatic hydroxyl groups is 1. The van der Waals surface area contributed by atoms with Gasteiger partial charge in [-0.2, -0.15) is 0 Å². The average molecular weight is 381 g/mol. The summed E-state index contributed by atoms with van der Waals surface area (Å²) in [5.41, 5.74) is 1.30. The van der Waals surface area contributed by atoms with Crippen molar-refractivity contribution in [3.63, 3.8) is 0 Å². The van der Waals surface area contributed by atoms with Gasteiger partial charge in [0, 0.05) is 24.2 Å². The predicted molar refractivity (Wildman–Crippen MR) is 105 cm³/mol. The van der Waals surface area contributed by atoms with Gasteiger partial charge in [0.15, 0.2) is 0 Å². The zero-order valence-corrected chi connectivity index (χ0v) is 15.5. The SMILES string of the molecule is O=C(NC1CC1)c1ccc(NCC2(O)CCCc3ccccc32)c([N+](=O)[O-])c1. The Morgan fingerprint density at radius 3 is 2.79 bits per heavy atom. The third kappa shape index (κ3) is 3.71. The van der Waals surface area contributed by atoms with Crippen molar-refractivity contribution in [3.05, 3.63) is 69.3 Å². The van der Waals surface area contributed by atoms with Crippen LogP contribution in [-0.2, 0) is 12.0 Å². The number of rotatable bonds is 6. The number of nitro groups is 1. The van der Waals surface area contributed by atoms with E-state index in [1.165, 1.54) is 12.1 Å². The Bertz CT molecular complexity index is 926. The lowest BCUT2D eigenvalue weighted by Crippen LogP contribution is -2.37. The van der Waals surface area contributed by atoms with E-state index in [0.717, 1.165) is 36.8 Å². The largest absolute Gasteiger partial charge is 0.383 e. The number of anilines is 1. The van der Waals surface area contributed by atoms with Gasteiger partial charge in [-0.3, -0.25) is 14.9 Å². The second-order valence-corrected chi connectivity index (χ2v) is 7.63. The molecule has 0 saturated heterocycles. The molecule has 2 aliphatic rings. The zero-order chi connectivity index (χ0) is 19.7. The molecule has 1 saturated carbocycles. The van der Waals surface area contributed by atoms with E-state index < -0.39 is 10.5 Å². The molecule has 7 nitrogen and oxygen atoms in total. The highest BCUT2D eigenvalue weighted by atomic mass is 16.6. The molecule has 1 unspecified atom stereocenters. The molecule has 2 aliphatic carbocycles. The molecule has 1 fully saturated rings. The van der Waals surface area contributed by atoms with Crippen molar-refractivity contribution in [2.75, 3.05) is 11.9 Å². The van der Waals surface area contributed by atoms with Gasteiger partial charge >= 0.3 is 0 Å². The number of hydrogen-bond donors (Lipinski definition) is 3. The van der Waals surface area contributed by atoms with E-state index in [1.54, 1.807) is 6.07 Å². The van der Waals surface area contributed by atoms with E-state index >= 15 is 0 Å². The molecule has 3 N–H and O–H groups in total. The zero-order valence-electron chi connectivity index (χ0n) is 15.5. The molecule has 28 heavy (non-hydrogen) atoms. The van der Waals surface area contributed by atoms with Crippen molar-refractivity contribution in [1.29, 1.82) is 0 Å². The van der Waals surface area contributed by atoms with Crippen molar-refractivity contribution in [1.82, 2.24) is 5.32 Å². The van der Waals surface area contributed by atoms with Gasteiger partial charge in [0.2, 0.25) is 0 Å². The summed E-state index contributed by atoms with van der Waals surface area (Å²) in [6, 6.07) is 12.4. The Balaban J connectivity index is 1.54. The van der Waals surface area contributed by atoms with Crippen LogP contribution in [0.25, 0.3) is 0 Å². The molecule has 1 amide bonds. The van der Waals surface area contributed by atoms with Crippen LogP contribution in [-0.4, -0.2) is 28.5 Å². The van der Waals surface area contributed by atoms with E-state index in [0.29, 0.717) is 12.1 Å². The third-order valence-corrected chi connectivity index (χ3v) is 5.50. The van der Waals surface area contributed by atoms with Crippen LogP contribution in [0.5, 0.6) is 0 Å². The maximum absolute atomic E-state index is 12.2. The molecule has 0 bridgehead atoms. The molecule has 4 rings (SSSR count). The second kappa shape index (κ2) is 7.24. The number of nitro benzene ring substituents is 1. The quantitative estimate of drug-likeness (QED) is 0.527. The topological polar surface area (TPSA) is 104 Å². The molecule has 0 aliphatic heterocycles. The molecule has 0 radical (unpaired) electrons. The Morgan fingerprint density at radius 2 is 2.04 bits per heavy atom. The van der Waals surface area contributed by atoms with E-state index in [-0.39, 0.29) is 29.7 Å². The van der Waals surface area contributed by atoms with Gasteiger partial charge in [0.05, 0.1) is 4.92 Å². The molecule has 0 heterocycles. The summed E-state index contributed by atoms with van der Waals surface area (Å²) in [6.45, 7) is 0.165. The molecule has 146 valence electrons. The number of benzene rings is 2. The molecule has 0 spiro atoms. The average Bonchev–Trinajstić information content (AvgIpc) is 3.50. The standard InChI is InChI=1S/C21H23N3O4/c25-20(23-16-8-9-16)15-7-10-18(19(12-15)24(27)28)22-13-21(26)11-3-5-14-4-1-2-6-17(14)21/h1-2,4,6-7,10,12,16,22,26H,3,5,8-9,11,13H2,(H,23,25). The first-order chi connectivity index (χ1) is 13.5. The molecule has 7 heteroatoms. The van der Waals surface area contributed by atoms with Gasteiger partial charge in [0.25, 0.3) is 11.6 Å². The summed E-state index contributed by atoms with van der Waals surface area (Å²) in [7, 11) is 0. The van der Waals surface area contributed by atoms with Gasteiger partial charge in [-0.25, -0.2) is 0 Å². The Kier molecular flexibility index (Phi) is 4.77. The first kappa shape index (κ1) is 18.4. The highest BCUT2D eigenvalue weighted by Gasteiger charge is 2.34. The molecular formula is C21H23N3O4. The van der Waals surface area contributed by atoms with Gasteiger partial charge in [-0.15, -0.1) is 0 Å². The normalized spacial score (nSPS) is 20.9. The summed E-state index contributed by atoms with van der Waals surface area (Å²) in [5, 5.41) is 28.6. The summed E-state index contributed by atoms with van der Waals surface area (Å²) in [4.78, 5) is 23.2. The van der Waals surface area contributed by atoms with Crippen LogP contribution in [0.15, 0.2) is 42.5 Å². The van der Waals surface area contributed by atoms with Crippen LogP contribution in [0.4, 0.5) is 11.4 Å². The van der Waals surface area contributed by atoms with Gasteiger partial charge in [0.1, 0.15) is 11.3 Å². The summed E-state index contributed by atoms with van der Waals surface area (Å²) < 4.78 is 0. The first-order valence-corrected chi connectivity index (χ1v) is 9.60. The van der Waals surface area contributed by atoms with Crippen molar-refractivity contribution < 1.29 is 14.8 Å². The maximum Gasteiger partial charge on any atom is 0.293 e. The maximum atomic E-state index is 12.2. The van der Waals surface area contributed by atoms with Crippen LogP contribution < -0.4 is 10.6 Å². The first-order valence-electron chi connectivity index (χ1n) is 9.60. The van der Waals surface area contributed by atoms with Gasteiger partial charge in [-0.1, -0.05) is 24.3 Å². The number of fused-ring (bicyclic) bond motifs is 1. The second-order valence-electron chi connectivity index (χ2n) is 7.63. The van der Waals surface area contributed by atoms with E-state index in [2.05, 4.69) is 10.6 Å². The lowest BCUT2D eigenvalue weighted by molar-refractivity contribution is -0.384. The fourth-order valence-electron chi connectivity index (χ4n) is 3.79. The number of carbonyl (C=O) groups is 1. The lowest BCUT2D eigenvalue weighted by Gasteiger charge is -2.35. The van der Waals surface area contributed by atoms with Crippen molar-refractivity contribution in [3.8, 4) is 0 Å². The number of nitrogens with zero attached hydrogens (tertiary/aromatic N) is 1. The molecular weight excluding hydrogens is 358 g/mol. The molecule has 2 aromatic carbocycles. The minimum Gasteiger partial charge on any atom is -0.383 e. The van der Waals surface area contributed by atoms with Crippen molar-refractivity contribution in [2.45, 2.75) is 43.7 Å². The Hall–Kier alpha value is -2.93. The lowest BCUT2D eigenvalue weighted by atomic mass is 9.79. The number of aryl methyl sites for hydroxylation is 1. The number of nitrogens with one attached hydrogen (secondary N) is 2. The van der Waals surface area contributed by atoms with Crippen LogP contribution >= 0.6 is 0 Å². The van der Waals surface area contributed by atoms with Crippen molar-refractivity contribution >= 4 is 17.3 Å². The number of hydrogen-bond acceptors (Lipinski definition) is 5. The van der Waals surface area contributed by atoms with Crippen LogP contribution in [0.1, 0.15) is 47.2 Å². The smallest absolute Gasteiger partial charge is 0.293 e. The van der Waals surface area contributed by atoms with Crippen LogP contribution in [0, 0.1) is 10.1 Å². The highest BCUT2D eigenvalue weighted by Crippen LogP contribution is 2.36. The van der Waals surface area contributed by atoms with Crippen LogP contribution in [0.3, 0.4) is 0 Å². The minimum absolute atomic E-state index is 0.165. The molecule has 2 aromatic rings. The summed E-state index contributed by atoms with van der Waals surface area (Å²) >= 11 is 0. The fourth-order valence-corrected chi connectivity index (χ4v) is 3.79. The predicted octanol–water partition coefficient (Wildman–Crippen LogP) is 3.12. The molecule has 1 atom stereocenters. The summed E-state index contributed by atoms with van der Waals surface area (Å²) in [5.74, 6) is -0.294. The number of amides is 1. The Labute approximate surface area is 162 Å². The van der Waals surface area contributed by atoms with Crippen molar-refractivity contribution in [2.24, 2.45) is 0 Å². The third-order valence-electron chi connectivity index (χ3n) is 5.50. The monoisotopic (exact) mass is 381 g/mol. The van der Waals surface area contributed by atoms with E-state index in [4.69, 9.17) is 0 Å². The van der Waals surface area contributed by atoms with Crippen LogP contribution in [0.2, 0.25) is 0 Å². The van der Waals surface area contributed by atoms with Gasteiger partial charge < -0.3 is 15.7 Å². The van der Waals surface area contributed by atoms with E-state index in [1.807, 2.05) is 24.3 Å². The molecule has 0 aromatic heterocycles. The highest BCUT2D eigenvalue weighted by molar-refractivity contribution is 5.96. The Morgan fingerprint density at radius 1 is 1.25 bits per heavy atom. The minimum atomic E-state index is -1.08. The van der Waals surface area contributed by atoms with Gasteiger partial charge in [-0.05, 0) is 55.4 Å². The summed E-state index contributed by atoms with van der Waals surface area (Å²) in [6.07, 6.45) is 4.27. The number of carbonyl (C=O) groups excluding carboxylic acids is 1. The fraction of sp³-hybridized carbons (Fsp3) is 0.381. The van der Waals surface area contributed by atoms with E-state index in [9.17, 15) is 20.0 Å².